The molecule has 3 heterocycles. The van der Waals surface area contributed by atoms with Gasteiger partial charge in [-0.1, -0.05) is 60.7 Å². The molecule has 3 aromatic carbocycles. The zero-order chi connectivity index (χ0) is 17.1. The Morgan fingerprint density at radius 2 is 1.23 bits per heavy atom. The van der Waals surface area contributed by atoms with Gasteiger partial charge in [0.1, 0.15) is 5.75 Å². The van der Waals surface area contributed by atoms with Gasteiger partial charge in [0.05, 0.1) is 4.88 Å². The van der Waals surface area contributed by atoms with Crippen LogP contribution in [0.2, 0.25) is 0 Å². The average molecular weight is 368 g/mol. The minimum atomic E-state index is -0.0622. The maximum atomic E-state index is 6.68. The molecule has 6 rings (SSSR count). The molecule has 26 heavy (non-hydrogen) atoms. The first-order valence-electron chi connectivity index (χ1n) is 8.65. The van der Waals surface area contributed by atoms with Crippen LogP contribution in [0.5, 0.6) is 5.75 Å². The van der Waals surface area contributed by atoms with E-state index in [1.165, 1.54) is 40.9 Å². The summed E-state index contributed by atoms with van der Waals surface area (Å²) in [6, 6.07) is 27.8. The lowest BCUT2D eigenvalue weighted by molar-refractivity contribution is 0.601. The van der Waals surface area contributed by atoms with E-state index in [4.69, 9.17) is 4.65 Å². The molecule has 0 unspecified atom stereocenters. The Morgan fingerprint density at radius 1 is 0.615 bits per heavy atom. The molecule has 0 saturated heterocycles. The van der Waals surface area contributed by atoms with Gasteiger partial charge >= 0.3 is 6.92 Å². The summed E-state index contributed by atoms with van der Waals surface area (Å²) in [6.07, 6.45) is 0. The predicted octanol–water partition coefficient (Wildman–Crippen LogP) is 5.28. The van der Waals surface area contributed by atoms with Crippen LogP contribution in [0.1, 0.15) is 0 Å². The van der Waals surface area contributed by atoms with E-state index in [1.54, 1.807) is 0 Å². The summed E-state index contributed by atoms with van der Waals surface area (Å²) in [5.41, 5.74) is 2.52. The van der Waals surface area contributed by atoms with Gasteiger partial charge in [-0.15, -0.1) is 22.7 Å². The third-order valence-electron chi connectivity index (χ3n) is 4.99. The summed E-state index contributed by atoms with van der Waals surface area (Å²) in [5.74, 6) is 1.04. The van der Waals surface area contributed by atoms with E-state index in [0.717, 1.165) is 5.75 Å². The minimum Gasteiger partial charge on any atom is -0.550 e. The number of hydrogen-bond acceptors (Lipinski definition) is 3. The lowest BCUT2D eigenvalue weighted by atomic mass is 9.53. The molecule has 0 saturated carbocycles. The first kappa shape index (κ1) is 14.6. The molecule has 0 fully saturated rings. The Bertz CT molecular complexity index is 1270. The summed E-state index contributed by atoms with van der Waals surface area (Å²) in [4.78, 5) is 2.64. The number of fused-ring (bicyclic) bond motifs is 7. The van der Waals surface area contributed by atoms with Crippen LogP contribution in [-0.4, -0.2) is 6.92 Å². The number of rotatable bonds is 1. The standard InChI is InChI=1S/C22H13BOS2/c1-2-8-14(9-3-1)23-19-15-10-4-6-12-17(15)25-21(19)22-20(24-23)16-11-5-7-13-18(16)26-22/h1-13H. The van der Waals surface area contributed by atoms with Gasteiger partial charge in [0.15, 0.2) is 0 Å². The highest BCUT2D eigenvalue weighted by atomic mass is 32.1. The average Bonchev–Trinajstić information content (AvgIpc) is 3.27. The van der Waals surface area contributed by atoms with Crippen LogP contribution in [0.15, 0.2) is 78.9 Å². The molecule has 0 spiro atoms. The zero-order valence-electron chi connectivity index (χ0n) is 13.8. The maximum Gasteiger partial charge on any atom is 0.428 e. The van der Waals surface area contributed by atoms with E-state index >= 15 is 0 Å². The largest absolute Gasteiger partial charge is 0.550 e. The molecule has 4 heteroatoms. The fourth-order valence-corrected chi connectivity index (χ4v) is 6.33. The highest BCUT2D eigenvalue weighted by Gasteiger charge is 2.37. The molecule has 0 atom stereocenters. The van der Waals surface area contributed by atoms with Crippen molar-refractivity contribution in [2.45, 2.75) is 0 Å². The molecule has 0 aliphatic carbocycles. The van der Waals surface area contributed by atoms with Crippen molar-refractivity contribution in [1.29, 1.82) is 0 Å². The molecule has 0 bridgehead atoms. The van der Waals surface area contributed by atoms with Crippen LogP contribution >= 0.6 is 22.7 Å². The van der Waals surface area contributed by atoms with E-state index in [9.17, 15) is 0 Å². The maximum absolute atomic E-state index is 6.68. The lowest BCUT2D eigenvalue weighted by Crippen LogP contribution is -2.49. The molecule has 0 N–H and O–H groups in total. The molecule has 122 valence electrons. The second-order valence-electron chi connectivity index (χ2n) is 6.51. The Labute approximate surface area is 159 Å². The Morgan fingerprint density at radius 3 is 2.04 bits per heavy atom. The van der Waals surface area contributed by atoms with Crippen molar-refractivity contribution in [2.75, 3.05) is 0 Å². The first-order chi connectivity index (χ1) is 12.9. The van der Waals surface area contributed by atoms with Crippen LogP contribution in [0.3, 0.4) is 0 Å². The fourth-order valence-electron chi connectivity index (χ4n) is 3.82. The van der Waals surface area contributed by atoms with E-state index in [-0.39, 0.29) is 6.92 Å². The topological polar surface area (TPSA) is 9.23 Å². The van der Waals surface area contributed by atoms with Crippen molar-refractivity contribution in [1.82, 2.24) is 0 Å². The van der Waals surface area contributed by atoms with Gasteiger partial charge in [-0.2, -0.15) is 0 Å². The van der Waals surface area contributed by atoms with Gasteiger partial charge in [-0.25, -0.2) is 0 Å². The van der Waals surface area contributed by atoms with Crippen molar-refractivity contribution in [2.24, 2.45) is 0 Å². The highest BCUT2D eigenvalue weighted by Crippen LogP contribution is 2.49. The normalized spacial score (nSPS) is 12.8. The minimum absolute atomic E-state index is 0.0622. The predicted molar refractivity (Wildman–Crippen MR) is 115 cm³/mol. The summed E-state index contributed by atoms with van der Waals surface area (Å²) in [5, 5.41) is 2.53. The van der Waals surface area contributed by atoms with Crippen molar-refractivity contribution >= 4 is 60.7 Å². The fraction of sp³-hybridized carbons (Fsp3) is 0. The van der Waals surface area contributed by atoms with Gasteiger partial charge in [-0.05, 0) is 34.5 Å². The molecule has 1 aliphatic heterocycles. The summed E-state index contributed by atoms with van der Waals surface area (Å²) in [7, 11) is 0. The molecule has 1 nitrogen and oxygen atoms in total. The SMILES string of the molecule is c1ccc(B2Oc3c(sc4ccccc34)-c3sc4ccccc4c32)cc1. The number of thiophene rings is 2. The van der Waals surface area contributed by atoms with Crippen LogP contribution in [0.25, 0.3) is 29.9 Å². The van der Waals surface area contributed by atoms with Crippen molar-refractivity contribution < 1.29 is 4.65 Å². The van der Waals surface area contributed by atoms with Crippen LogP contribution in [-0.2, 0) is 0 Å². The van der Waals surface area contributed by atoms with Crippen molar-refractivity contribution in [3.05, 3.63) is 78.9 Å². The Balaban J connectivity index is 1.72. The highest BCUT2D eigenvalue weighted by molar-refractivity contribution is 7.30. The van der Waals surface area contributed by atoms with E-state index in [2.05, 4.69) is 78.9 Å². The summed E-state index contributed by atoms with van der Waals surface area (Å²) < 4.78 is 9.29. The van der Waals surface area contributed by atoms with Gasteiger partial charge in [0.2, 0.25) is 0 Å². The molecule has 0 amide bonds. The van der Waals surface area contributed by atoms with Crippen molar-refractivity contribution in [3.8, 4) is 15.5 Å². The third kappa shape index (κ3) is 1.97. The Hall–Kier alpha value is -2.56. The van der Waals surface area contributed by atoms with E-state index < -0.39 is 0 Å². The quantitative estimate of drug-likeness (QED) is 0.366. The van der Waals surface area contributed by atoms with Crippen LogP contribution in [0, 0.1) is 0 Å². The van der Waals surface area contributed by atoms with Gasteiger partial charge in [0, 0.05) is 19.7 Å². The van der Waals surface area contributed by atoms with Crippen LogP contribution < -0.4 is 15.6 Å². The van der Waals surface area contributed by atoms with Crippen molar-refractivity contribution in [3.63, 3.8) is 0 Å². The molecule has 2 aromatic heterocycles. The smallest absolute Gasteiger partial charge is 0.428 e. The molecular weight excluding hydrogens is 355 g/mol. The third-order valence-corrected chi connectivity index (χ3v) is 7.49. The zero-order valence-corrected chi connectivity index (χ0v) is 15.4. The molecular formula is C22H13BOS2. The van der Waals surface area contributed by atoms with Gasteiger partial charge in [0.25, 0.3) is 0 Å². The summed E-state index contributed by atoms with van der Waals surface area (Å²) >= 11 is 3.73. The monoisotopic (exact) mass is 368 g/mol. The van der Waals surface area contributed by atoms with Gasteiger partial charge < -0.3 is 4.65 Å². The van der Waals surface area contributed by atoms with Gasteiger partial charge in [-0.3, -0.25) is 0 Å². The first-order valence-corrected chi connectivity index (χ1v) is 10.3. The molecule has 0 radical (unpaired) electrons. The number of benzene rings is 3. The second kappa shape index (κ2) is 5.47. The van der Waals surface area contributed by atoms with E-state index in [0.29, 0.717) is 0 Å². The molecule has 1 aliphatic rings. The number of hydrogen-bond donors (Lipinski definition) is 0. The summed E-state index contributed by atoms with van der Waals surface area (Å²) in [6.45, 7) is -0.0622. The Kier molecular flexibility index (Phi) is 3.07. The second-order valence-corrected chi connectivity index (χ2v) is 8.61. The van der Waals surface area contributed by atoms with E-state index in [1.807, 2.05) is 22.7 Å². The lowest BCUT2D eigenvalue weighted by Gasteiger charge is -2.22. The molecule has 5 aromatic rings. The van der Waals surface area contributed by atoms with Crippen LogP contribution in [0.4, 0.5) is 0 Å².